The van der Waals surface area contributed by atoms with Crippen molar-refractivity contribution in [1.29, 1.82) is 0 Å². The number of nitrogens with zero attached hydrogens (tertiary/aromatic N) is 1. The van der Waals surface area contributed by atoms with E-state index in [4.69, 9.17) is 4.74 Å². The second-order valence-corrected chi connectivity index (χ2v) is 5.58. The summed E-state index contributed by atoms with van der Waals surface area (Å²) in [6, 6.07) is 3.98. The zero-order valence-corrected chi connectivity index (χ0v) is 13.0. The maximum atomic E-state index is 13.0. The number of carbonyl (C=O) groups is 1. The summed E-state index contributed by atoms with van der Waals surface area (Å²) in [4.78, 5) is 13.9. The van der Waals surface area contributed by atoms with Crippen LogP contribution in [0.15, 0.2) is 22.7 Å². The van der Waals surface area contributed by atoms with Crippen LogP contribution in [-0.2, 0) is 4.74 Å². The van der Waals surface area contributed by atoms with E-state index in [1.165, 1.54) is 18.2 Å². The number of benzene rings is 1. The zero-order chi connectivity index (χ0) is 14.5. The van der Waals surface area contributed by atoms with Gasteiger partial charge < -0.3 is 15.0 Å². The Morgan fingerprint density at radius 1 is 1.60 bits per heavy atom. The van der Waals surface area contributed by atoms with Gasteiger partial charge in [-0.15, -0.1) is 0 Å². The molecule has 110 valence electrons. The molecule has 0 unspecified atom stereocenters. The highest BCUT2D eigenvalue weighted by atomic mass is 79.9. The normalized spacial score (nSPS) is 18.1. The van der Waals surface area contributed by atoms with Gasteiger partial charge in [0.15, 0.2) is 0 Å². The fourth-order valence-electron chi connectivity index (χ4n) is 2.17. The van der Waals surface area contributed by atoms with Gasteiger partial charge in [0.25, 0.3) is 0 Å². The fraction of sp³-hybridized carbons (Fsp3) is 0.500. The number of anilines is 1. The minimum atomic E-state index is -0.346. The summed E-state index contributed by atoms with van der Waals surface area (Å²) >= 11 is 3.24. The zero-order valence-electron chi connectivity index (χ0n) is 11.4. The Hall–Kier alpha value is -1.14. The average Bonchev–Trinajstić information content (AvgIpc) is 2.92. The van der Waals surface area contributed by atoms with Gasteiger partial charge >= 0.3 is 6.03 Å². The van der Waals surface area contributed by atoms with Crippen molar-refractivity contribution < 1.29 is 13.9 Å². The lowest BCUT2D eigenvalue weighted by Crippen LogP contribution is -2.40. The molecule has 0 saturated carbocycles. The monoisotopic (exact) mass is 344 g/mol. The Kier molecular flexibility index (Phi) is 5.37. The molecule has 1 heterocycles. The van der Waals surface area contributed by atoms with Crippen LogP contribution >= 0.6 is 15.9 Å². The van der Waals surface area contributed by atoms with E-state index in [9.17, 15) is 9.18 Å². The van der Waals surface area contributed by atoms with Crippen molar-refractivity contribution in [3.05, 3.63) is 28.5 Å². The molecule has 1 saturated heterocycles. The number of ether oxygens (including phenoxy) is 1. The Bertz CT molecular complexity index is 478. The molecule has 4 nitrogen and oxygen atoms in total. The summed E-state index contributed by atoms with van der Waals surface area (Å²) in [7, 11) is 0. The third-order valence-electron chi connectivity index (χ3n) is 3.29. The van der Waals surface area contributed by atoms with Crippen molar-refractivity contribution in [3.63, 3.8) is 0 Å². The van der Waals surface area contributed by atoms with Gasteiger partial charge in [-0.1, -0.05) is 0 Å². The summed E-state index contributed by atoms with van der Waals surface area (Å²) < 4.78 is 19.1. The molecular weight excluding hydrogens is 327 g/mol. The van der Waals surface area contributed by atoms with Crippen LogP contribution in [0.5, 0.6) is 0 Å². The van der Waals surface area contributed by atoms with Gasteiger partial charge in [-0.3, -0.25) is 0 Å². The number of rotatable bonds is 4. The molecule has 1 aromatic rings. The van der Waals surface area contributed by atoms with Gasteiger partial charge in [-0.05, 0) is 53.9 Å². The minimum absolute atomic E-state index is 0.123. The van der Waals surface area contributed by atoms with Gasteiger partial charge in [0.2, 0.25) is 0 Å². The lowest BCUT2D eigenvalue weighted by atomic mass is 10.2. The van der Waals surface area contributed by atoms with Crippen molar-refractivity contribution in [1.82, 2.24) is 4.90 Å². The predicted molar refractivity (Wildman–Crippen MR) is 79.3 cm³/mol. The van der Waals surface area contributed by atoms with Crippen molar-refractivity contribution in [2.24, 2.45) is 0 Å². The van der Waals surface area contributed by atoms with Crippen LogP contribution in [0.3, 0.4) is 0 Å². The van der Waals surface area contributed by atoms with Crippen molar-refractivity contribution in [2.45, 2.75) is 25.9 Å². The predicted octanol–water partition coefficient (Wildman–Crippen LogP) is 3.62. The van der Waals surface area contributed by atoms with Crippen LogP contribution in [0.25, 0.3) is 0 Å². The minimum Gasteiger partial charge on any atom is -0.376 e. The first kappa shape index (κ1) is 15.3. The lowest BCUT2D eigenvalue weighted by molar-refractivity contribution is 0.0849. The largest absolute Gasteiger partial charge is 0.376 e. The Morgan fingerprint density at radius 3 is 3.00 bits per heavy atom. The molecule has 0 radical (unpaired) electrons. The topological polar surface area (TPSA) is 41.6 Å². The first-order valence-electron chi connectivity index (χ1n) is 6.72. The molecule has 0 aromatic heterocycles. The molecule has 6 heteroatoms. The first-order valence-corrected chi connectivity index (χ1v) is 7.52. The van der Waals surface area contributed by atoms with Gasteiger partial charge in [-0.2, -0.15) is 0 Å². The molecule has 1 N–H and O–H groups in total. The molecule has 0 aliphatic carbocycles. The van der Waals surface area contributed by atoms with Gasteiger partial charge in [-0.25, -0.2) is 9.18 Å². The van der Waals surface area contributed by atoms with E-state index in [0.29, 0.717) is 23.2 Å². The highest BCUT2D eigenvalue weighted by Crippen LogP contribution is 2.23. The molecule has 1 fully saturated rings. The average molecular weight is 345 g/mol. The maximum Gasteiger partial charge on any atom is 0.321 e. The Labute approximate surface area is 126 Å². The summed E-state index contributed by atoms with van der Waals surface area (Å²) in [6.07, 6.45) is 2.16. The van der Waals surface area contributed by atoms with E-state index in [-0.39, 0.29) is 18.0 Å². The van der Waals surface area contributed by atoms with Gasteiger partial charge in [0.05, 0.1) is 11.8 Å². The van der Waals surface area contributed by atoms with E-state index in [1.807, 2.05) is 6.92 Å². The number of halogens is 2. The van der Waals surface area contributed by atoms with Crippen molar-refractivity contribution in [3.8, 4) is 0 Å². The van der Waals surface area contributed by atoms with Crippen molar-refractivity contribution >= 4 is 27.6 Å². The molecule has 0 spiro atoms. The summed E-state index contributed by atoms with van der Waals surface area (Å²) in [5.41, 5.74) is 0.558. The number of likely N-dealkylation sites (N-methyl/N-ethyl adjacent to an activating group) is 1. The number of hydrogen-bond acceptors (Lipinski definition) is 2. The standard InChI is InChI=1S/C14H18BrFN2O2/c1-2-18(9-11-4-3-7-20-11)14(19)17-13-6-5-10(16)8-12(13)15/h5-6,8,11H,2-4,7,9H2,1H3,(H,17,19)/t11-/m1/s1. The second-order valence-electron chi connectivity index (χ2n) is 4.73. The number of hydrogen-bond donors (Lipinski definition) is 1. The molecule has 1 atom stereocenters. The van der Waals surface area contributed by atoms with Gasteiger partial charge in [0.1, 0.15) is 5.82 Å². The van der Waals surface area contributed by atoms with E-state index in [1.54, 1.807) is 4.90 Å². The maximum absolute atomic E-state index is 13.0. The van der Waals surface area contributed by atoms with Crippen LogP contribution in [0.4, 0.5) is 14.9 Å². The first-order chi connectivity index (χ1) is 9.60. The third-order valence-corrected chi connectivity index (χ3v) is 3.95. The molecular formula is C14H18BrFN2O2. The SMILES string of the molecule is CCN(C[C@H]1CCCO1)C(=O)Nc1ccc(F)cc1Br. The van der Waals surface area contributed by atoms with Crippen LogP contribution in [-0.4, -0.2) is 36.7 Å². The summed E-state index contributed by atoms with van der Waals surface area (Å²) in [5, 5.41) is 2.78. The summed E-state index contributed by atoms with van der Waals surface area (Å²) in [6.45, 7) is 3.88. The van der Waals surface area contributed by atoms with Crippen LogP contribution < -0.4 is 5.32 Å². The van der Waals surface area contributed by atoms with Gasteiger partial charge in [0, 0.05) is 24.2 Å². The van der Waals surface area contributed by atoms with Crippen LogP contribution in [0, 0.1) is 5.82 Å². The lowest BCUT2D eigenvalue weighted by Gasteiger charge is -2.24. The Morgan fingerprint density at radius 2 is 2.40 bits per heavy atom. The van der Waals surface area contributed by atoms with E-state index < -0.39 is 0 Å². The molecule has 1 aliphatic rings. The molecule has 20 heavy (non-hydrogen) atoms. The fourth-order valence-corrected chi connectivity index (χ4v) is 2.62. The number of amides is 2. The van der Waals surface area contributed by atoms with Crippen LogP contribution in [0.1, 0.15) is 19.8 Å². The number of urea groups is 1. The number of nitrogens with one attached hydrogen (secondary N) is 1. The smallest absolute Gasteiger partial charge is 0.321 e. The number of carbonyl (C=O) groups excluding carboxylic acids is 1. The highest BCUT2D eigenvalue weighted by Gasteiger charge is 2.21. The van der Waals surface area contributed by atoms with Crippen molar-refractivity contribution in [2.75, 3.05) is 25.0 Å². The third kappa shape index (κ3) is 3.93. The summed E-state index contributed by atoms with van der Waals surface area (Å²) in [5.74, 6) is -0.346. The molecule has 1 aromatic carbocycles. The molecule has 2 rings (SSSR count). The quantitative estimate of drug-likeness (QED) is 0.906. The van der Waals surface area contributed by atoms with E-state index in [0.717, 1.165) is 19.4 Å². The molecule has 1 aliphatic heterocycles. The second kappa shape index (κ2) is 7.04. The van der Waals surface area contributed by atoms with Crippen LogP contribution in [0.2, 0.25) is 0 Å². The highest BCUT2D eigenvalue weighted by molar-refractivity contribution is 9.10. The molecule has 2 amide bonds. The Balaban J connectivity index is 1.97. The van der Waals surface area contributed by atoms with E-state index in [2.05, 4.69) is 21.2 Å². The van der Waals surface area contributed by atoms with E-state index >= 15 is 0 Å². The molecule has 0 bridgehead atoms.